The third kappa shape index (κ3) is 3.04. The van der Waals surface area contributed by atoms with Crippen LogP contribution >= 0.6 is 31.9 Å². The zero-order chi connectivity index (χ0) is 14.9. The summed E-state index contributed by atoms with van der Waals surface area (Å²) in [5.74, 6) is -0.409. The van der Waals surface area contributed by atoms with Gasteiger partial charge in [0.15, 0.2) is 0 Å². The molecule has 2 aromatic rings. The zero-order valence-corrected chi connectivity index (χ0v) is 14.1. The van der Waals surface area contributed by atoms with Crippen molar-refractivity contribution in [1.29, 1.82) is 0 Å². The number of hydrogen-bond acceptors (Lipinski definition) is 1. The number of benzene rings is 2. The van der Waals surface area contributed by atoms with Crippen LogP contribution in [0, 0.1) is 18.6 Å². The topological polar surface area (TPSA) is 9.23 Å². The number of aryl methyl sites for hydroxylation is 1. The van der Waals surface area contributed by atoms with Crippen molar-refractivity contribution < 1.29 is 13.5 Å². The molecule has 0 N–H and O–H groups in total. The molecule has 0 aromatic heterocycles. The Hall–Kier alpha value is -0.940. The van der Waals surface area contributed by atoms with Gasteiger partial charge < -0.3 is 4.74 Å². The maximum atomic E-state index is 13.9. The Labute approximate surface area is 133 Å². The van der Waals surface area contributed by atoms with Gasteiger partial charge in [-0.25, -0.2) is 8.78 Å². The number of methoxy groups -OCH3 is 1. The molecule has 0 aliphatic rings. The molecular weight excluding hydrogens is 394 g/mol. The van der Waals surface area contributed by atoms with Gasteiger partial charge in [-0.3, -0.25) is 0 Å². The predicted molar refractivity (Wildman–Crippen MR) is 82.6 cm³/mol. The summed E-state index contributed by atoms with van der Waals surface area (Å²) in [6.07, 6.45) is 0. The summed E-state index contributed by atoms with van der Waals surface area (Å²) in [6, 6.07) is 7.86. The summed E-state index contributed by atoms with van der Waals surface area (Å²) in [6.45, 7) is 1.61. The third-order valence-electron chi connectivity index (χ3n) is 3.03. The lowest BCUT2D eigenvalue weighted by molar-refractivity contribution is 0.414. The highest BCUT2D eigenvalue weighted by Crippen LogP contribution is 2.38. The van der Waals surface area contributed by atoms with Crippen molar-refractivity contribution >= 4 is 31.9 Å². The maximum absolute atomic E-state index is 13.9. The van der Waals surface area contributed by atoms with E-state index in [0.717, 1.165) is 16.1 Å². The molecule has 1 atom stereocenters. The van der Waals surface area contributed by atoms with Gasteiger partial charge in [0.05, 0.1) is 11.9 Å². The molecule has 0 spiro atoms. The molecule has 0 heterocycles. The minimum Gasteiger partial charge on any atom is -0.497 e. The molecule has 20 heavy (non-hydrogen) atoms. The van der Waals surface area contributed by atoms with E-state index in [1.165, 1.54) is 6.07 Å². The fourth-order valence-electron chi connectivity index (χ4n) is 1.88. The van der Waals surface area contributed by atoms with Gasteiger partial charge in [0.1, 0.15) is 17.4 Å². The standard InChI is InChI=1S/C15H12Br2F2O/c1-8-5-11(14(19)7-13(8)18)15(17)10-4-3-9(20-2)6-12(10)16/h3-7,15H,1-2H3. The minimum atomic E-state index is -0.572. The molecule has 0 saturated heterocycles. The molecule has 1 unspecified atom stereocenters. The summed E-state index contributed by atoms with van der Waals surface area (Å²) in [4.78, 5) is -0.373. The Morgan fingerprint density at radius 3 is 2.35 bits per heavy atom. The summed E-state index contributed by atoms with van der Waals surface area (Å²) in [7, 11) is 1.58. The van der Waals surface area contributed by atoms with Crippen molar-refractivity contribution in [3.8, 4) is 5.75 Å². The highest BCUT2D eigenvalue weighted by Gasteiger charge is 2.19. The van der Waals surface area contributed by atoms with E-state index in [1.807, 2.05) is 6.07 Å². The molecule has 0 aliphatic heterocycles. The van der Waals surface area contributed by atoms with Crippen molar-refractivity contribution in [3.63, 3.8) is 0 Å². The Morgan fingerprint density at radius 2 is 1.75 bits per heavy atom. The second kappa shape index (κ2) is 6.22. The third-order valence-corrected chi connectivity index (χ3v) is 4.70. The summed E-state index contributed by atoms with van der Waals surface area (Å²) >= 11 is 6.90. The van der Waals surface area contributed by atoms with Crippen molar-refractivity contribution in [1.82, 2.24) is 0 Å². The summed E-state index contributed by atoms with van der Waals surface area (Å²) in [5, 5.41) is 0. The van der Waals surface area contributed by atoms with E-state index in [1.54, 1.807) is 26.2 Å². The van der Waals surface area contributed by atoms with Gasteiger partial charge in [-0.1, -0.05) is 37.9 Å². The van der Waals surface area contributed by atoms with Gasteiger partial charge in [0, 0.05) is 16.1 Å². The smallest absolute Gasteiger partial charge is 0.130 e. The van der Waals surface area contributed by atoms with E-state index < -0.39 is 11.6 Å². The second-order valence-corrected chi connectivity index (χ2v) is 6.14. The highest BCUT2D eigenvalue weighted by molar-refractivity contribution is 9.11. The highest BCUT2D eigenvalue weighted by atomic mass is 79.9. The summed E-state index contributed by atoms with van der Waals surface area (Å²) in [5.41, 5.74) is 1.65. The van der Waals surface area contributed by atoms with Gasteiger partial charge in [0.2, 0.25) is 0 Å². The van der Waals surface area contributed by atoms with Gasteiger partial charge in [-0.2, -0.15) is 0 Å². The van der Waals surface area contributed by atoms with Crippen molar-refractivity contribution in [3.05, 3.63) is 63.1 Å². The molecule has 1 nitrogen and oxygen atoms in total. The lowest BCUT2D eigenvalue weighted by Crippen LogP contribution is -2.00. The quantitative estimate of drug-likeness (QED) is 0.610. The lowest BCUT2D eigenvalue weighted by Gasteiger charge is -2.15. The number of hydrogen-bond donors (Lipinski definition) is 0. The maximum Gasteiger partial charge on any atom is 0.130 e. The Bertz CT molecular complexity index is 644. The average Bonchev–Trinajstić information content (AvgIpc) is 2.42. The van der Waals surface area contributed by atoms with Gasteiger partial charge in [0.25, 0.3) is 0 Å². The molecule has 2 rings (SSSR count). The largest absolute Gasteiger partial charge is 0.497 e. The average molecular weight is 406 g/mol. The first-order valence-corrected chi connectivity index (χ1v) is 7.58. The predicted octanol–water partition coefficient (Wildman–Crippen LogP) is 5.53. The normalized spacial score (nSPS) is 12.3. The molecule has 0 aliphatic carbocycles. The molecule has 0 amide bonds. The van der Waals surface area contributed by atoms with Gasteiger partial charge in [-0.05, 0) is 36.2 Å². The van der Waals surface area contributed by atoms with Crippen LogP contribution in [0.15, 0.2) is 34.8 Å². The van der Waals surface area contributed by atoms with Crippen molar-refractivity contribution in [2.24, 2.45) is 0 Å². The second-order valence-electron chi connectivity index (χ2n) is 4.37. The molecule has 5 heteroatoms. The van der Waals surface area contributed by atoms with Crippen LogP contribution in [0.5, 0.6) is 5.75 Å². The Balaban J connectivity index is 2.46. The molecule has 0 bridgehead atoms. The first-order chi connectivity index (χ1) is 9.43. The van der Waals surface area contributed by atoms with Crippen molar-refractivity contribution in [2.45, 2.75) is 11.8 Å². The van der Waals surface area contributed by atoms with Gasteiger partial charge in [-0.15, -0.1) is 0 Å². The SMILES string of the molecule is COc1ccc(C(Br)c2cc(C)c(F)cc2F)c(Br)c1. The van der Waals surface area contributed by atoms with Crippen LogP contribution < -0.4 is 4.74 Å². The number of ether oxygens (including phenoxy) is 1. The number of rotatable bonds is 3. The van der Waals surface area contributed by atoms with E-state index in [-0.39, 0.29) is 4.83 Å². The molecule has 0 radical (unpaired) electrons. The van der Waals surface area contributed by atoms with E-state index in [4.69, 9.17) is 4.74 Å². The first-order valence-electron chi connectivity index (χ1n) is 5.87. The summed E-state index contributed by atoms with van der Waals surface area (Å²) < 4.78 is 33.2. The van der Waals surface area contributed by atoms with Crippen LogP contribution in [0.1, 0.15) is 21.5 Å². The van der Waals surface area contributed by atoms with E-state index >= 15 is 0 Å². The van der Waals surface area contributed by atoms with Gasteiger partial charge >= 0.3 is 0 Å². The van der Waals surface area contributed by atoms with Crippen LogP contribution in [-0.2, 0) is 0 Å². The fraction of sp³-hybridized carbons (Fsp3) is 0.200. The Morgan fingerprint density at radius 1 is 1.05 bits per heavy atom. The number of halogens is 4. The number of alkyl halides is 1. The molecule has 2 aromatic carbocycles. The molecular formula is C15H12Br2F2O. The lowest BCUT2D eigenvalue weighted by atomic mass is 10.0. The molecule has 106 valence electrons. The minimum absolute atomic E-state index is 0.373. The van der Waals surface area contributed by atoms with E-state index in [9.17, 15) is 8.78 Å². The van der Waals surface area contributed by atoms with Crippen LogP contribution in [0.2, 0.25) is 0 Å². The Kier molecular flexibility index (Phi) is 4.81. The van der Waals surface area contributed by atoms with Crippen LogP contribution in [0.4, 0.5) is 8.78 Å². The van der Waals surface area contributed by atoms with E-state index in [0.29, 0.717) is 16.9 Å². The van der Waals surface area contributed by atoms with Crippen molar-refractivity contribution in [2.75, 3.05) is 7.11 Å². The van der Waals surface area contributed by atoms with Crippen LogP contribution in [-0.4, -0.2) is 7.11 Å². The van der Waals surface area contributed by atoms with Crippen LogP contribution in [0.25, 0.3) is 0 Å². The molecule has 0 saturated carbocycles. The van der Waals surface area contributed by atoms with Crippen LogP contribution in [0.3, 0.4) is 0 Å². The fourth-order valence-corrected chi connectivity index (χ4v) is 3.53. The van der Waals surface area contributed by atoms with E-state index in [2.05, 4.69) is 31.9 Å². The zero-order valence-electron chi connectivity index (χ0n) is 10.9. The first kappa shape index (κ1) is 15.4. The monoisotopic (exact) mass is 404 g/mol. The molecule has 0 fully saturated rings.